The van der Waals surface area contributed by atoms with E-state index < -0.39 is 32.8 Å². The lowest BCUT2D eigenvalue weighted by Gasteiger charge is -2.46. The average Bonchev–Trinajstić information content (AvgIpc) is 3.34. The summed E-state index contributed by atoms with van der Waals surface area (Å²) in [7, 11) is -3.45. The SMILES string of the molecule is Cc1cn(C[C@@H]2CN(C(=O)[C@H]3CN(C4c5ccc(Cl)cc5CCc5cc(Br)cnc54)CCN3C(=O)OC(C)(C)C)CCS2(=O)=O)cn1. The standard InChI is InChI=1S/C33H40BrClN6O5S/c1-21-16-38(20-37-21)17-26-18-40(11-12-47(26,44)45)31(42)28-19-39(9-10-41(28)32(43)46-33(2,3)4)30-27-8-7-25(35)14-22(27)5-6-23-13-24(34)15-36-29(23)30/h7-8,13-16,20,26,28,30H,5-6,9-12,17-19H2,1-4H3/t26-,28-,30?/m1/s1. The summed E-state index contributed by atoms with van der Waals surface area (Å²) >= 11 is 10.0. The molecular weight excluding hydrogens is 708 g/mol. The minimum Gasteiger partial charge on any atom is -0.444 e. The highest BCUT2D eigenvalue weighted by molar-refractivity contribution is 9.10. The van der Waals surface area contributed by atoms with Crippen molar-refractivity contribution in [3.63, 3.8) is 0 Å². The normalized spacial score (nSPS) is 23.1. The van der Waals surface area contributed by atoms with Crippen LogP contribution in [0.2, 0.25) is 5.02 Å². The number of hydrogen-bond acceptors (Lipinski definition) is 8. The zero-order chi connectivity index (χ0) is 33.7. The largest absolute Gasteiger partial charge is 0.444 e. The molecule has 1 aromatic carbocycles. The Balaban J connectivity index is 1.34. The van der Waals surface area contributed by atoms with Crippen molar-refractivity contribution in [2.45, 2.75) is 70.0 Å². The van der Waals surface area contributed by atoms with Crippen LogP contribution in [0.5, 0.6) is 0 Å². The van der Waals surface area contributed by atoms with Gasteiger partial charge in [-0.25, -0.2) is 18.2 Å². The number of fused-ring (bicyclic) bond motifs is 2. The smallest absolute Gasteiger partial charge is 0.411 e. The van der Waals surface area contributed by atoms with E-state index in [9.17, 15) is 18.0 Å². The molecular formula is C33H40BrClN6O5S. The summed E-state index contributed by atoms with van der Waals surface area (Å²) in [4.78, 5) is 42.6. The van der Waals surface area contributed by atoms with Crippen molar-refractivity contribution in [2.24, 2.45) is 0 Å². The van der Waals surface area contributed by atoms with E-state index in [0.717, 1.165) is 45.4 Å². The lowest BCUT2D eigenvalue weighted by atomic mass is 9.95. The van der Waals surface area contributed by atoms with Gasteiger partial charge in [0.1, 0.15) is 11.6 Å². The molecule has 47 heavy (non-hydrogen) atoms. The molecule has 0 saturated carbocycles. The molecule has 252 valence electrons. The maximum Gasteiger partial charge on any atom is 0.411 e. The van der Waals surface area contributed by atoms with Crippen molar-refractivity contribution in [1.29, 1.82) is 0 Å². The number of aromatic nitrogens is 3. The minimum absolute atomic E-state index is 0.0280. The van der Waals surface area contributed by atoms with Crippen molar-refractivity contribution >= 4 is 49.4 Å². The minimum atomic E-state index is -3.45. The number of halogens is 2. The number of nitrogens with zero attached hydrogens (tertiary/aromatic N) is 6. The van der Waals surface area contributed by atoms with Gasteiger partial charge in [-0.05, 0) is 91.4 Å². The van der Waals surface area contributed by atoms with E-state index in [4.69, 9.17) is 21.3 Å². The molecule has 2 fully saturated rings. The molecule has 1 unspecified atom stereocenters. The van der Waals surface area contributed by atoms with Gasteiger partial charge >= 0.3 is 6.09 Å². The zero-order valence-electron chi connectivity index (χ0n) is 27.0. The molecule has 11 nitrogen and oxygen atoms in total. The molecule has 3 atom stereocenters. The molecule has 3 aliphatic rings. The number of sulfone groups is 1. The lowest BCUT2D eigenvalue weighted by Crippen LogP contribution is -2.64. The van der Waals surface area contributed by atoms with E-state index >= 15 is 0 Å². The first-order valence-corrected chi connectivity index (χ1v) is 18.7. The quantitative estimate of drug-likeness (QED) is 0.385. The van der Waals surface area contributed by atoms with Gasteiger partial charge in [-0.2, -0.15) is 0 Å². The van der Waals surface area contributed by atoms with Crippen molar-refractivity contribution < 1.29 is 22.7 Å². The summed E-state index contributed by atoms with van der Waals surface area (Å²) in [5.74, 6) is -0.445. The van der Waals surface area contributed by atoms with Gasteiger partial charge in [0, 0.05) is 61.2 Å². The third-order valence-electron chi connectivity index (χ3n) is 9.05. The first kappa shape index (κ1) is 33.9. The van der Waals surface area contributed by atoms with E-state index in [2.05, 4.69) is 31.9 Å². The summed E-state index contributed by atoms with van der Waals surface area (Å²) < 4.78 is 34.7. The molecule has 2 amide bonds. The van der Waals surface area contributed by atoms with E-state index in [-0.39, 0.29) is 50.4 Å². The number of benzene rings is 1. The molecule has 14 heteroatoms. The van der Waals surface area contributed by atoms with Crippen LogP contribution >= 0.6 is 27.5 Å². The Labute approximate surface area is 289 Å². The summed E-state index contributed by atoms with van der Waals surface area (Å²) in [6.07, 6.45) is 6.20. The molecule has 1 aliphatic carbocycles. The lowest BCUT2D eigenvalue weighted by molar-refractivity contribution is -0.139. The van der Waals surface area contributed by atoms with Crippen LogP contribution in [0.3, 0.4) is 0 Å². The van der Waals surface area contributed by atoms with Crippen molar-refractivity contribution in [3.05, 3.63) is 80.6 Å². The highest BCUT2D eigenvalue weighted by Gasteiger charge is 2.45. The second-order valence-corrected chi connectivity index (χ2v) is 17.4. The van der Waals surface area contributed by atoms with Crippen molar-refractivity contribution in [2.75, 3.05) is 38.5 Å². The molecule has 0 bridgehead atoms. The molecule has 2 aromatic heterocycles. The highest BCUT2D eigenvalue weighted by Crippen LogP contribution is 2.39. The average molecular weight is 748 g/mol. The third-order valence-corrected chi connectivity index (χ3v) is 11.8. The van der Waals surface area contributed by atoms with E-state index in [1.165, 1.54) is 4.90 Å². The van der Waals surface area contributed by atoms with Gasteiger partial charge in [-0.15, -0.1) is 0 Å². The number of ether oxygens (including phenoxy) is 1. The first-order valence-electron chi connectivity index (χ1n) is 15.8. The Morgan fingerprint density at radius 2 is 1.83 bits per heavy atom. The summed E-state index contributed by atoms with van der Waals surface area (Å²) in [5.41, 5.74) is 4.23. The first-order chi connectivity index (χ1) is 22.2. The van der Waals surface area contributed by atoms with Crippen molar-refractivity contribution in [1.82, 2.24) is 29.2 Å². The number of rotatable bonds is 4. The second-order valence-electron chi connectivity index (χ2n) is 13.6. The van der Waals surface area contributed by atoms with Crippen LogP contribution in [-0.2, 0) is 38.8 Å². The van der Waals surface area contributed by atoms with Gasteiger partial charge in [0.15, 0.2) is 9.84 Å². The number of imidazole rings is 1. The molecule has 2 aliphatic heterocycles. The number of pyridine rings is 1. The number of carbonyl (C=O) groups is 2. The molecule has 2 saturated heterocycles. The van der Waals surface area contributed by atoms with Gasteiger partial charge in [-0.1, -0.05) is 17.7 Å². The molecule has 0 spiro atoms. The predicted octanol–water partition coefficient (Wildman–Crippen LogP) is 4.44. The van der Waals surface area contributed by atoms with E-state index in [1.807, 2.05) is 25.1 Å². The summed E-state index contributed by atoms with van der Waals surface area (Å²) in [6, 6.07) is 6.85. The fourth-order valence-electron chi connectivity index (χ4n) is 6.81. The Morgan fingerprint density at radius 1 is 1.06 bits per heavy atom. The molecule has 6 rings (SSSR count). The maximum absolute atomic E-state index is 14.5. The second kappa shape index (κ2) is 13.1. The summed E-state index contributed by atoms with van der Waals surface area (Å²) in [5, 5.41) is -0.137. The highest BCUT2D eigenvalue weighted by atomic mass is 79.9. The van der Waals surface area contributed by atoms with Gasteiger partial charge in [0.25, 0.3) is 0 Å². The van der Waals surface area contributed by atoms with E-state index in [1.54, 1.807) is 49.0 Å². The number of carbonyl (C=O) groups excluding carboxylic acids is 2. The predicted molar refractivity (Wildman–Crippen MR) is 182 cm³/mol. The van der Waals surface area contributed by atoms with Crippen LogP contribution in [0.4, 0.5) is 4.79 Å². The Hall–Kier alpha value is -3.00. The number of hydrogen-bond donors (Lipinski definition) is 0. The van der Waals surface area contributed by atoms with Crippen molar-refractivity contribution in [3.8, 4) is 0 Å². The topological polar surface area (TPSA) is 118 Å². The number of amides is 2. The van der Waals surface area contributed by atoms with Gasteiger partial charge in [-0.3, -0.25) is 19.6 Å². The van der Waals surface area contributed by atoms with Gasteiger partial charge in [0.2, 0.25) is 5.91 Å². The van der Waals surface area contributed by atoms with Crippen LogP contribution in [0, 0.1) is 6.92 Å². The van der Waals surface area contributed by atoms with Gasteiger partial charge < -0.3 is 14.2 Å². The monoisotopic (exact) mass is 746 g/mol. The maximum atomic E-state index is 14.5. The third kappa shape index (κ3) is 7.38. The summed E-state index contributed by atoms with van der Waals surface area (Å²) in [6.45, 7) is 8.46. The van der Waals surface area contributed by atoms with Crippen LogP contribution < -0.4 is 0 Å². The molecule has 0 N–H and O–H groups in total. The molecule has 0 radical (unpaired) electrons. The Kier molecular flexibility index (Phi) is 9.47. The van der Waals surface area contributed by atoms with Crippen LogP contribution in [0.1, 0.15) is 54.9 Å². The van der Waals surface area contributed by atoms with Gasteiger partial charge in [0.05, 0.1) is 34.8 Å². The van der Waals surface area contributed by atoms with Crippen LogP contribution in [0.15, 0.2) is 47.5 Å². The Bertz CT molecular complexity index is 1740. The fourth-order valence-corrected chi connectivity index (χ4v) is 9.00. The fraction of sp³-hybridized carbons (Fsp3) is 0.515. The van der Waals surface area contributed by atoms with Crippen LogP contribution in [0.25, 0.3) is 0 Å². The Morgan fingerprint density at radius 3 is 2.55 bits per heavy atom. The zero-order valence-corrected chi connectivity index (χ0v) is 30.2. The number of piperazine rings is 1. The van der Waals surface area contributed by atoms with Crippen LogP contribution in [-0.4, -0.2) is 105 Å². The molecule has 3 aromatic rings. The molecule has 4 heterocycles. The number of aryl methyl sites for hydroxylation is 3. The van der Waals surface area contributed by atoms with E-state index in [0.29, 0.717) is 11.6 Å².